The predicted octanol–water partition coefficient (Wildman–Crippen LogP) is 1.48. The zero-order chi connectivity index (χ0) is 16.5. The van der Waals surface area contributed by atoms with E-state index in [-0.39, 0.29) is 6.42 Å². The lowest BCUT2D eigenvalue weighted by Crippen LogP contribution is -2.43. The summed E-state index contributed by atoms with van der Waals surface area (Å²) in [6.45, 7) is 5.06. The molecule has 0 aromatic heterocycles. The summed E-state index contributed by atoms with van der Waals surface area (Å²) in [7, 11) is 0. The third-order valence-corrected chi connectivity index (χ3v) is 2.40. The van der Waals surface area contributed by atoms with Crippen LogP contribution < -0.4 is 5.32 Å². The Morgan fingerprint density at radius 3 is 2.38 bits per heavy atom. The van der Waals surface area contributed by atoms with Crippen molar-refractivity contribution in [2.24, 2.45) is 0 Å². The molecule has 0 aromatic carbocycles. The van der Waals surface area contributed by atoms with Gasteiger partial charge in [-0.05, 0) is 33.6 Å². The lowest BCUT2D eigenvalue weighted by molar-refractivity contribution is -0.158. The van der Waals surface area contributed by atoms with Crippen LogP contribution in [0.3, 0.4) is 0 Å². The van der Waals surface area contributed by atoms with Gasteiger partial charge in [0.05, 0.1) is 6.42 Å². The van der Waals surface area contributed by atoms with Crippen LogP contribution >= 0.6 is 0 Å². The SMILES string of the molecule is C#CCCCCC(=O)N[C@@H](CC(=O)OC(C)(C)C)C(=O)O. The Morgan fingerprint density at radius 1 is 1.29 bits per heavy atom. The van der Waals surface area contributed by atoms with Crippen LogP contribution in [-0.4, -0.2) is 34.6 Å². The van der Waals surface area contributed by atoms with Crippen molar-refractivity contribution in [2.75, 3.05) is 0 Å². The molecule has 0 saturated carbocycles. The Bertz CT molecular complexity index is 417. The van der Waals surface area contributed by atoms with Crippen molar-refractivity contribution in [2.45, 2.75) is 64.5 Å². The highest BCUT2D eigenvalue weighted by molar-refractivity contribution is 5.87. The van der Waals surface area contributed by atoms with Gasteiger partial charge in [-0.1, -0.05) is 0 Å². The van der Waals surface area contributed by atoms with Gasteiger partial charge < -0.3 is 15.2 Å². The number of rotatable bonds is 8. The predicted molar refractivity (Wildman–Crippen MR) is 77.3 cm³/mol. The van der Waals surface area contributed by atoms with E-state index in [0.717, 1.165) is 0 Å². The van der Waals surface area contributed by atoms with Crippen LogP contribution in [0, 0.1) is 12.3 Å². The average molecular weight is 297 g/mol. The lowest BCUT2D eigenvalue weighted by Gasteiger charge is -2.21. The van der Waals surface area contributed by atoms with E-state index in [1.807, 2.05) is 0 Å². The summed E-state index contributed by atoms with van der Waals surface area (Å²) in [6, 6.07) is -1.28. The van der Waals surface area contributed by atoms with E-state index in [9.17, 15) is 14.4 Å². The van der Waals surface area contributed by atoms with Gasteiger partial charge in [0.25, 0.3) is 0 Å². The molecule has 0 unspecified atom stereocenters. The van der Waals surface area contributed by atoms with E-state index < -0.39 is 35.9 Å². The standard InChI is InChI=1S/C15H23NO5/c1-5-6-7-8-9-12(17)16-11(14(19)20)10-13(18)21-15(2,3)4/h1,11H,6-10H2,2-4H3,(H,16,17)(H,19,20)/t11-/m0/s1. The molecule has 0 rings (SSSR count). The van der Waals surface area contributed by atoms with Crippen LogP contribution in [0.1, 0.15) is 52.9 Å². The molecule has 21 heavy (non-hydrogen) atoms. The minimum atomic E-state index is -1.28. The Labute approximate surface area is 125 Å². The Balaban J connectivity index is 4.31. The van der Waals surface area contributed by atoms with Gasteiger partial charge in [0.15, 0.2) is 0 Å². The second kappa shape index (κ2) is 9.01. The van der Waals surface area contributed by atoms with Crippen LogP contribution in [0.5, 0.6) is 0 Å². The maximum absolute atomic E-state index is 11.6. The molecule has 6 heteroatoms. The molecule has 6 nitrogen and oxygen atoms in total. The minimum Gasteiger partial charge on any atom is -0.480 e. The summed E-state index contributed by atoms with van der Waals surface area (Å²) in [6.07, 6.45) is 6.73. The average Bonchev–Trinajstić information content (AvgIpc) is 2.31. The summed E-state index contributed by atoms with van der Waals surface area (Å²) in [5.41, 5.74) is -0.695. The van der Waals surface area contributed by atoms with Crippen LogP contribution in [0.25, 0.3) is 0 Å². The molecule has 2 N–H and O–H groups in total. The number of unbranched alkanes of at least 4 members (excludes halogenated alkanes) is 2. The Hall–Kier alpha value is -2.03. The fourth-order valence-electron chi connectivity index (χ4n) is 1.53. The number of nitrogens with one attached hydrogen (secondary N) is 1. The summed E-state index contributed by atoms with van der Waals surface area (Å²) in [4.78, 5) is 34.3. The van der Waals surface area contributed by atoms with E-state index in [2.05, 4.69) is 11.2 Å². The second-order valence-corrected chi connectivity index (χ2v) is 5.66. The maximum atomic E-state index is 11.6. The van der Waals surface area contributed by atoms with Gasteiger partial charge in [0, 0.05) is 12.8 Å². The molecule has 0 fully saturated rings. The third-order valence-electron chi connectivity index (χ3n) is 2.40. The summed E-state index contributed by atoms with van der Waals surface area (Å²) in [5.74, 6) is 0.117. The molecule has 0 aliphatic rings. The highest BCUT2D eigenvalue weighted by atomic mass is 16.6. The molecule has 1 amide bonds. The Kier molecular flexibility index (Phi) is 8.14. The van der Waals surface area contributed by atoms with Crippen LogP contribution in [0.2, 0.25) is 0 Å². The molecule has 0 aliphatic carbocycles. The summed E-state index contributed by atoms with van der Waals surface area (Å²) in [5, 5.41) is 11.3. The van der Waals surface area contributed by atoms with Crippen molar-refractivity contribution in [3.63, 3.8) is 0 Å². The molecule has 0 spiro atoms. The maximum Gasteiger partial charge on any atom is 0.326 e. The van der Waals surface area contributed by atoms with E-state index in [1.54, 1.807) is 20.8 Å². The number of carbonyl (C=O) groups is 3. The monoisotopic (exact) mass is 297 g/mol. The Morgan fingerprint density at radius 2 is 1.90 bits per heavy atom. The number of carboxylic acids is 1. The van der Waals surface area contributed by atoms with Gasteiger partial charge in [-0.2, -0.15) is 0 Å². The molecule has 0 heterocycles. The van der Waals surface area contributed by atoms with Gasteiger partial charge in [-0.25, -0.2) is 4.79 Å². The molecule has 0 aliphatic heterocycles. The number of hydrogen-bond acceptors (Lipinski definition) is 4. The number of amides is 1. The van der Waals surface area contributed by atoms with Crippen molar-refractivity contribution in [3.8, 4) is 12.3 Å². The van der Waals surface area contributed by atoms with Gasteiger partial charge in [-0.3, -0.25) is 9.59 Å². The molecule has 118 valence electrons. The van der Waals surface area contributed by atoms with Gasteiger partial charge in [-0.15, -0.1) is 12.3 Å². The minimum absolute atomic E-state index is 0.180. The smallest absolute Gasteiger partial charge is 0.326 e. The number of esters is 1. The molecular formula is C15H23NO5. The number of aliphatic carboxylic acids is 1. The molecule has 0 saturated heterocycles. The van der Waals surface area contributed by atoms with E-state index in [4.69, 9.17) is 16.3 Å². The second-order valence-electron chi connectivity index (χ2n) is 5.66. The molecule has 0 bridgehead atoms. The van der Waals surface area contributed by atoms with Crippen molar-refractivity contribution >= 4 is 17.8 Å². The summed E-state index contributed by atoms with van der Waals surface area (Å²) >= 11 is 0. The lowest BCUT2D eigenvalue weighted by atomic mass is 10.1. The quantitative estimate of drug-likeness (QED) is 0.402. The number of hydrogen-bond donors (Lipinski definition) is 2. The highest BCUT2D eigenvalue weighted by Crippen LogP contribution is 2.09. The van der Waals surface area contributed by atoms with Crippen molar-refractivity contribution < 1.29 is 24.2 Å². The van der Waals surface area contributed by atoms with Crippen molar-refractivity contribution in [1.82, 2.24) is 5.32 Å². The van der Waals surface area contributed by atoms with Crippen molar-refractivity contribution in [3.05, 3.63) is 0 Å². The zero-order valence-electron chi connectivity index (χ0n) is 12.8. The van der Waals surface area contributed by atoms with Gasteiger partial charge in [0.2, 0.25) is 5.91 Å². The normalized spacial score (nSPS) is 12.1. The first kappa shape index (κ1) is 19.0. The summed E-state index contributed by atoms with van der Waals surface area (Å²) < 4.78 is 5.04. The topological polar surface area (TPSA) is 92.7 Å². The number of terminal acetylenes is 1. The first-order valence-electron chi connectivity index (χ1n) is 6.83. The molecule has 0 aromatic rings. The fourth-order valence-corrected chi connectivity index (χ4v) is 1.53. The fraction of sp³-hybridized carbons (Fsp3) is 0.667. The zero-order valence-corrected chi connectivity index (χ0v) is 12.8. The number of ether oxygens (including phenoxy) is 1. The third kappa shape index (κ3) is 10.4. The molecular weight excluding hydrogens is 274 g/mol. The van der Waals surface area contributed by atoms with Crippen LogP contribution in [0.4, 0.5) is 0 Å². The molecule has 0 radical (unpaired) electrons. The van der Waals surface area contributed by atoms with E-state index in [0.29, 0.717) is 19.3 Å². The molecule has 1 atom stereocenters. The first-order valence-corrected chi connectivity index (χ1v) is 6.83. The van der Waals surface area contributed by atoms with Gasteiger partial charge >= 0.3 is 11.9 Å². The number of carboxylic acid groups (broad SMARTS) is 1. The van der Waals surface area contributed by atoms with Gasteiger partial charge in [0.1, 0.15) is 11.6 Å². The van der Waals surface area contributed by atoms with Crippen molar-refractivity contribution in [1.29, 1.82) is 0 Å². The first-order chi connectivity index (χ1) is 9.65. The largest absolute Gasteiger partial charge is 0.480 e. The van der Waals surface area contributed by atoms with Crippen LogP contribution in [0.15, 0.2) is 0 Å². The van der Waals surface area contributed by atoms with E-state index in [1.165, 1.54) is 0 Å². The van der Waals surface area contributed by atoms with Crippen LogP contribution in [-0.2, 0) is 19.1 Å². The van der Waals surface area contributed by atoms with E-state index >= 15 is 0 Å². The highest BCUT2D eigenvalue weighted by Gasteiger charge is 2.26. The number of carbonyl (C=O) groups excluding carboxylic acids is 2.